The smallest absolute Gasteiger partial charge is 0.349 e. The molecule has 0 N–H and O–H groups in total. The van der Waals surface area contributed by atoms with E-state index in [-0.39, 0.29) is 12.4 Å². The van der Waals surface area contributed by atoms with E-state index in [9.17, 15) is 9.18 Å². The summed E-state index contributed by atoms with van der Waals surface area (Å²) in [5.74, 6) is -0.700. The summed E-state index contributed by atoms with van der Waals surface area (Å²) in [5.41, 5.74) is -0.806. The molecule has 0 spiro atoms. The number of halogens is 1. The molecule has 0 aliphatic rings. The minimum absolute atomic E-state index is 0.259. The van der Waals surface area contributed by atoms with E-state index in [2.05, 4.69) is 0 Å². The quantitative estimate of drug-likeness (QED) is 0.594. The Morgan fingerprint density at radius 2 is 2.10 bits per heavy atom. The number of rotatable bonds is 6. The van der Waals surface area contributed by atoms with Gasteiger partial charge < -0.3 is 14.2 Å². The molecule has 4 nitrogen and oxygen atoms in total. The van der Waals surface area contributed by atoms with Crippen molar-refractivity contribution in [3.63, 3.8) is 0 Å². The fraction of sp³-hybridized carbons (Fsp3) is 0.400. The van der Waals surface area contributed by atoms with Gasteiger partial charge in [-0.1, -0.05) is 0 Å². The monoisotopic (exact) mass is 282 g/mol. The molecule has 0 radical (unpaired) electrons. The topological polar surface area (TPSA) is 44.8 Å². The van der Waals surface area contributed by atoms with Gasteiger partial charge in [0.2, 0.25) is 0 Å². The molecular formula is C15H19FO4. The number of ether oxygens (including phenoxy) is 3. The summed E-state index contributed by atoms with van der Waals surface area (Å²) >= 11 is 0. The lowest BCUT2D eigenvalue weighted by atomic mass is 10.1. The van der Waals surface area contributed by atoms with Gasteiger partial charge in [-0.25, -0.2) is 9.18 Å². The van der Waals surface area contributed by atoms with Crippen LogP contribution in [0.5, 0.6) is 5.75 Å². The van der Waals surface area contributed by atoms with Crippen LogP contribution in [0.4, 0.5) is 4.39 Å². The highest BCUT2D eigenvalue weighted by atomic mass is 19.1. The predicted octanol–water partition coefficient (Wildman–Crippen LogP) is 3.16. The van der Waals surface area contributed by atoms with Crippen molar-refractivity contribution in [1.82, 2.24) is 0 Å². The van der Waals surface area contributed by atoms with Crippen molar-refractivity contribution in [2.24, 2.45) is 0 Å². The van der Waals surface area contributed by atoms with Gasteiger partial charge in [-0.2, -0.15) is 0 Å². The maximum absolute atomic E-state index is 13.8. The van der Waals surface area contributed by atoms with Crippen molar-refractivity contribution in [2.75, 3.05) is 13.7 Å². The Morgan fingerprint density at radius 1 is 1.40 bits per heavy atom. The van der Waals surface area contributed by atoms with Gasteiger partial charge in [0.15, 0.2) is 5.60 Å². The molecule has 0 atom stereocenters. The molecule has 0 fully saturated rings. The van der Waals surface area contributed by atoms with Gasteiger partial charge in [0, 0.05) is 11.6 Å². The molecule has 1 aromatic rings. The van der Waals surface area contributed by atoms with Crippen LogP contribution < -0.4 is 4.74 Å². The summed E-state index contributed by atoms with van der Waals surface area (Å²) in [6, 6.07) is 4.34. The van der Waals surface area contributed by atoms with Crippen molar-refractivity contribution in [3.05, 3.63) is 35.8 Å². The summed E-state index contributed by atoms with van der Waals surface area (Å²) in [4.78, 5) is 11.7. The van der Waals surface area contributed by atoms with E-state index < -0.39 is 17.4 Å². The summed E-state index contributed by atoms with van der Waals surface area (Å²) in [7, 11) is 1.48. The molecule has 0 bridgehead atoms. The van der Waals surface area contributed by atoms with Gasteiger partial charge in [0.05, 0.1) is 20.0 Å². The van der Waals surface area contributed by atoms with E-state index in [0.29, 0.717) is 5.56 Å². The average molecular weight is 282 g/mol. The average Bonchev–Trinajstić information content (AvgIpc) is 2.37. The van der Waals surface area contributed by atoms with Crippen molar-refractivity contribution in [2.45, 2.75) is 26.4 Å². The van der Waals surface area contributed by atoms with E-state index in [1.54, 1.807) is 32.9 Å². The minimum Gasteiger partial charge on any atom is -0.504 e. The third kappa shape index (κ3) is 4.26. The van der Waals surface area contributed by atoms with Crippen molar-refractivity contribution < 1.29 is 23.4 Å². The lowest BCUT2D eigenvalue weighted by molar-refractivity contribution is -0.158. The second kappa shape index (κ2) is 6.93. The lowest BCUT2D eigenvalue weighted by Gasteiger charge is -2.24. The minimum atomic E-state index is -1.17. The number of hydrogen-bond acceptors (Lipinski definition) is 4. The highest BCUT2D eigenvalue weighted by Crippen LogP contribution is 2.23. The third-order valence-corrected chi connectivity index (χ3v) is 2.50. The molecule has 0 saturated carbocycles. The van der Waals surface area contributed by atoms with E-state index in [1.165, 1.54) is 25.5 Å². The number of carbonyl (C=O) groups is 1. The molecule has 5 heteroatoms. The Hall–Kier alpha value is -2.04. The van der Waals surface area contributed by atoms with E-state index in [1.807, 2.05) is 0 Å². The lowest BCUT2D eigenvalue weighted by Crippen LogP contribution is -2.39. The van der Waals surface area contributed by atoms with Crippen LogP contribution in [0.3, 0.4) is 0 Å². The Bertz CT molecular complexity index is 495. The fourth-order valence-corrected chi connectivity index (χ4v) is 1.49. The van der Waals surface area contributed by atoms with Crippen LogP contribution in [0.25, 0.3) is 6.08 Å². The number of esters is 1. The Labute approximate surface area is 118 Å². The molecule has 1 rings (SSSR count). The normalized spacial score (nSPS) is 11.4. The summed E-state index contributed by atoms with van der Waals surface area (Å²) in [6.45, 7) is 5.12. The third-order valence-electron chi connectivity index (χ3n) is 2.50. The molecule has 0 aliphatic heterocycles. The molecule has 0 aromatic heterocycles. The van der Waals surface area contributed by atoms with Gasteiger partial charge >= 0.3 is 5.97 Å². The largest absolute Gasteiger partial charge is 0.504 e. The number of hydrogen-bond donors (Lipinski definition) is 0. The fourth-order valence-electron chi connectivity index (χ4n) is 1.49. The molecule has 20 heavy (non-hydrogen) atoms. The number of carbonyl (C=O) groups excluding carboxylic acids is 1. The molecule has 0 aliphatic carbocycles. The maximum Gasteiger partial charge on any atom is 0.349 e. The van der Waals surface area contributed by atoms with Crippen LogP contribution in [0, 0.1) is 5.82 Å². The van der Waals surface area contributed by atoms with Crippen molar-refractivity contribution >= 4 is 12.0 Å². The summed E-state index contributed by atoms with van der Waals surface area (Å²) < 4.78 is 28.9. The van der Waals surface area contributed by atoms with Gasteiger partial charge in [0.1, 0.15) is 11.6 Å². The van der Waals surface area contributed by atoms with Crippen LogP contribution in [0.2, 0.25) is 0 Å². The zero-order valence-corrected chi connectivity index (χ0v) is 12.1. The first-order valence-electron chi connectivity index (χ1n) is 6.26. The highest BCUT2D eigenvalue weighted by Gasteiger charge is 2.31. The molecule has 0 heterocycles. The molecular weight excluding hydrogens is 263 g/mol. The van der Waals surface area contributed by atoms with Crippen LogP contribution in [-0.4, -0.2) is 25.3 Å². The molecule has 1 aromatic carbocycles. The SMILES string of the molecule is CCOC(=O)C(C)(C)Oc1ccc(/C=C/OC)c(F)c1. The van der Waals surface area contributed by atoms with Crippen molar-refractivity contribution in [3.8, 4) is 5.75 Å². The first-order chi connectivity index (χ1) is 9.40. The maximum atomic E-state index is 13.8. The second-order valence-corrected chi connectivity index (χ2v) is 4.55. The van der Waals surface area contributed by atoms with Crippen LogP contribution in [0.15, 0.2) is 24.5 Å². The molecule has 110 valence electrons. The zero-order valence-electron chi connectivity index (χ0n) is 12.1. The van der Waals surface area contributed by atoms with Crippen molar-refractivity contribution in [1.29, 1.82) is 0 Å². The highest BCUT2D eigenvalue weighted by molar-refractivity contribution is 5.79. The molecule has 0 amide bonds. The van der Waals surface area contributed by atoms with Gasteiger partial charge in [-0.05, 0) is 39.0 Å². The van der Waals surface area contributed by atoms with Crippen LogP contribution in [0.1, 0.15) is 26.3 Å². The zero-order chi connectivity index (χ0) is 15.2. The first-order valence-corrected chi connectivity index (χ1v) is 6.26. The number of methoxy groups -OCH3 is 1. The van der Waals surface area contributed by atoms with Gasteiger partial charge in [-0.15, -0.1) is 0 Å². The predicted molar refractivity (Wildman–Crippen MR) is 73.8 cm³/mol. The van der Waals surface area contributed by atoms with E-state index in [0.717, 1.165) is 0 Å². The van der Waals surface area contributed by atoms with E-state index in [4.69, 9.17) is 14.2 Å². The summed E-state index contributed by atoms with van der Waals surface area (Å²) in [6.07, 6.45) is 2.87. The van der Waals surface area contributed by atoms with Crippen LogP contribution >= 0.6 is 0 Å². The standard InChI is InChI=1S/C15H19FO4/c1-5-19-14(17)15(2,3)20-12-7-6-11(8-9-18-4)13(16)10-12/h6-10H,5H2,1-4H3/b9-8+. The van der Waals surface area contributed by atoms with Crippen LogP contribution in [-0.2, 0) is 14.3 Å². The molecule has 0 saturated heterocycles. The number of benzene rings is 1. The molecule has 0 unspecified atom stereocenters. The Kier molecular flexibility index (Phi) is 5.55. The first kappa shape index (κ1) is 16.0. The Balaban J connectivity index is 2.86. The van der Waals surface area contributed by atoms with Gasteiger partial charge in [0.25, 0.3) is 0 Å². The van der Waals surface area contributed by atoms with E-state index >= 15 is 0 Å². The van der Waals surface area contributed by atoms with Gasteiger partial charge in [-0.3, -0.25) is 0 Å². The summed E-state index contributed by atoms with van der Waals surface area (Å²) in [5, 5.41) is 0. The Morgan fingerprint density at radius 3 is 2.65 bits per heavy atom. The second-order valence-electron chi connectivity index (χ2n) is 4.55.